The Morgan fingerprint density at radius 2 is 1.94 bits per heavy atom. The molecule has 1 unspecified atom stereocenters. The van der Waals surface area contributed by atoms with Crippen LogP contribution in [0.3, 0.4) is 0 Å². The van der Waals surface area contributed by atoms with E-state index in [1.807, 2.05) is 12.1 Å². The van der Waals surface area contributed by atoms with Crippen molar-refractivity contribution >= 4 is 23.6 Å². The minimum Gasteiger partial charge on any atom is -0.442 e. The van der Waals surface area contributed by atoms with E-state index >= 15 is 0 Å². The zero-order valence-corrected chi connectivity index (χ0v) is 17.2. The molecule has 1 heterocycles. The number of anilines is 1. The van der Waals surface area contributed by atoms with Crippen LogP contribution in [0.15, 0.2) is 42.5 Å². The molecule has 8 nitrogen and oxygen atoms in total. The highest BCUT2D eigenvalue weighted by atomic mass is 19.1. The van der Waals surface area contributed by atoms with Crippen LogP contribution in [0.2, 0.25) is 0 Å². The van der Waals surface area contributed by atoms with Gasteiger partial charge in [-0.2, -0.15) is 0 Å². The third-order valence-corrected chi connectivity index (χ3v) is 4.84. The number of halogens is 1. The Morgan fingerprint density at radius 1 is 1.19 bits per heavy atom. The van der Waals surface area contributed by atoms with Gasteiger partial charge in [0.05, 0.1) is 18.8 Å². The molecule has 1 fully saturated rings. The van der Waals surface area contributed by atoms with Gasteiger partial charge in [-0.15, -0.1) is 0 Å². The standard InChI is InChI=1S/C22H25FN4O4/c1-14(28)25-12-18-13-27(22(30)31-18)17-6-7-19(20(23)10-17)16-4-2-15(3-5-16)11-26-21(29)8-9-24/h2-7,10,18H,8-9,11-13,24H2,1H3,(H,25,28)(H,26,29). The molecule has 9 heteroatoms. The van der Waals surface area contributed by atoms with Gasteiger partial charge in [0.25, 0.3) is 0 Å². The van der Waals surface area contributed by atoms with E-state index in [9.17, 15) is 18.8 Å². The van der Waals surface area contributed by atoms with Gasteiger partial charge in [0.1, 0.15) is 11.9 Å². The quantitative estimate of drug-likeness (QED) is 0.595. The highest BCUT2D eigenvalue weighted by Crippen LogP contribution is 2.29. The van der Waals surface area contributed by atoms with Crippen molar-refractivity contribution in [2.24, 2.45) is 5.73 Å². The number of nitrogens with one attached hydrogen (secondary N) is 2. The monoisotopic (exact) mass is 428 g/mol. The number of hydrogen-bond acceptors (Lipinski definition) is 5. The van der Waals surface area contributed by atoms with Crippen LogP contribution in [-0.4, -0.2) is 43.6 Å². The Morgan fingerprint density at radius 3 is 2.58 bits per heavy atom. The molecule has 1 aliphatic heterocycles. The number of nitrogens with zero attached hydrogens (tertiary/aromatic N) is 1. The van der Waals surface area contributed by atoms with Crippen LogP contribution in [0.25, 0.3) is 11.1 Å². The summed E-state index contributed by atoms with van der Waals surface area (Å²) in [7, 11) is 0. The molecule has 4 N–H and O–H groups in total. The van der Waals surface area contributed by atoms with Gasteiger partial charge in [0, 0.05) is 32.0 Å². The third kappa shape index (κ3) is 5.79. The average Bonchev–Trinajstić information content (AvgIpc) is 3.12. The first-order valence-electron chi connectivity index (χ1n) is 9.95. The first kappa shape index (κ1) is 22.2. The summed E-state index contributed by atoms with van der Waals surface area (Å²) in [6.45, 7) is 2.48. The fraction of sp³-hybridized carbons (Fsp3) is 0.318. The summed E-state index contributed by atoms with van der Waals surface area (Å²) in [5.74, 6) is -0.804. The maximum atomic E-state index is 14.8. The van der Waals surface area contributed by atoms with Crippen LogP contribution >= 0.6 is 0 Å². The lowest BCUT2D eigenvalue weighted by molar-refractivity contribution is -0.121. The fourth-order valence-electron chi connectivity index (χ4n) is 3.22. The Kier molecular flexibility index (Phi) is 7.19. The number of cyclic esters (lactones) is 1. The molecule has 1 saturated heterocycles. The van der Waals surface area contributed by atoms with Gasteiger partial charge in [0.15, 0.2) is 0 Å². The molecular weight excluding hydrogens is 403 g/mol. The first-order chi connectivity index (χ1) is 14.9. The maximum absolute atomic E-state index is 14.8. The molecule has 3 amide bonds. The second kappa shape index (κ2) is 10.0. The van der Waals surface area contributed by atoms with Crippen molar-refractivity contribution in [1.82, 2.24) is 10.6 Å². The molecule has 2 aromatic rings. The number of ether oxygens (including phenoxy) is 1. The van der Waals surface area contributed by atoms with Crippen molar-refractivity contribution < 1.29 is 23.5 Å². The first-order valence-corrected chi connectivity index (χ1v) is 9.95. The van der Waals surface area contributed by atoms with Gasteiger partial charge in [-0.25, -0.2) is 9.18 Å². The Balaban J connectivity index is 1.66. The zero-order valence-electron chi connectivity index (χ0n) is 17.2. The summed E-state index contributed by atoms with van der Waals surface area (Å²) in [5, 5.41) is 5.37. The van der Waals surface area contributed by atoms with Crippen LogP contribution in [0.4, 0.5) is 14.9 Å². The van der Waals surface area contributed by atoms with E-state index in [1.165, 1.54) is 17.9 Å². The van der Waals surface area contributed by atoms with E-state index in [-0.39, 0.29) is 31.3 Å². The van der Waals surface area contributed by atoms with Crippen molar-refractivity contribution in [3.63, 3.8) is 0 Å². The summed E-state index contributed by atoms with van der Waals surface area (Å²) in [5.41, 5.74) is 7.68. The summed E-state index contributed by atoms with van der Waals surface area (Å²) in [6.07, 6.45) is -0.797. The smallest absolute Gasteiger partial charge is 0.414 e. The van der Waals surface area contributed by atoms with Gasteiger partial charge < -0.3 is 21.1 Å². The molecule has 0 aliphatic carbocycles. The summed E-state index contributed by atoms with van der Waals surface area (Å²) in [4.78, 5) is 36.0. The topological polar surface area (TPSA) is 114 Å². The van der Waals surface area contributed by atoms with Crippen LogP contribution in [0.5, 0.6) is 0 Å². The lowest BCUT2D eigenvalue weighted by atomic mass is 10.0. The van der Waals surface area contributed by atoms with E-state index in [1.54, 1.807) is 24.3 Å². The Bertz CT molecular complexity index is 964. The van der Waals surface area contributed by atoms with Crippen molar-refractivity contribution in [2.75, 3.05) is 24.5 Å². The van der Waals surface area contributed by atoms with Crippen molar-refractivity contribution in [1.29, 1.82) is 0 Å². The normalized spacial score (nSPS) is 15.5. The Labute approximate surface area is 179 Å². The molecule has 0 radical (unpaired) electrons. The minimum absolute atomic E-state index is 0.118. The van der Waals surface area contributed by atoms with E-state index in [0.717, 1.165) is 5.56 Å². The third-order valence-electron chi connectivity index (χ3n) is 4.84. The van der Waals surface area contributed by atoms with Gasteiger partial charge in [-0.05, 0) is 29.3 Å². The highest BCUT2D eigenvalue weighted by molar-refractivity contribution is 5.90. The molecule has 164 valence electrons. The Hall–Kier alpha value is -3.46. The van der Waals surface area contributed by atoms with Crippen LogP contribution in [0.1, 0.15) is 18.9 Å². The van der Waals surface area contributed by atoms with Crippen LogP contribution in [-0.2, 0) is 20.9 Å². The molecule has 0 aromatic heterocycles. The highest BCUT2D eigenvalue weighted by Gasteiger charge is 2.32. The number of hydrogen-bond donors (Lipinski definition) is 3. The van der Waals surface area contributed by atoms with Gasteiger partial charge >= 0.3 is 6.09 Å². The SMILES string of the molecule is CC(=O)NCC1CN(c2ccc(-c3ccc(CNC(=O)CCN)cc3)c(F)c2)C(=O)O1. The molecular formula is C22H25FN4O4. The summed E-state index contributed by atoms with van der Waals surface area (Å²) in [6, 6.07) is 11.7. The van der Waals surface area contributed by atoms with E-state index in [2.05, 4.69) is 10.6 Å². The molecule has 1 aliphatic rings. The minimum atomic E-state index is -0.580. The lowest BCUT2D eigenvalue weighted by Gasteiger charge is -2.15. The summed E-state index contributed by atoms with van der Waals surface area (Å²) >= 11 is 0. The molecule has 0 bridgehead atoms. The number of nitrogens with two attached hydrogens (primary N) is 1. The molecule has 0 saturated carbocycles. The molecule has 0 spiro atoms. The number of carbonyl (C=O) groups is 3. The largest absolute Gasteiger partial charge is 0.442 e. The van der Waals surface area contributed by atoms with E-state index < -0.39 is 18.0 Å². The van der Waals surface area contributed by atoms with Gasteiger partial charge in [-0.1, -0.05) is 24.3 Å². The second-order valence-electron chi connectivity index (χ2n) is 7.23. The predicted octanol–water partition coefficient (Wildman–Crippen LogP) is 1.92. The maximum Gasteiger partial charge on any atom is 0.414 e. The van der Waals surface area contributed by atoms with E-state index in [4.69, 9.17) is 10.5 Å². The van der Waals surface area contributed by atoms with Crippen molar-refractivity contribution in [3.8, 4) is 11.1 Å². The average molecular weight is 428 g/mol. The predicted molar refractivity (Wildman–Crippen MR) is 114 cm³/mol. The van der Waals surface area contributed by atoms with E-state index in [0.29, 0.717) is 29.9 Å². The van der Waals surface area contributed by atoms with Crippen LogP contribution in [0, 0.1) is 5.82 Å². The molecule has 31 heavy (non-hydrogen) atoms. The van der Waals surface area contributed by atoms with Gasteiger partial charge in [0.2, 0.25) is 11.8 Å². The zero-order chi connectivity index (χ0) is 22.4. The van der Waals surface area contributed by atoms with Crippen LogP contribution < -0.4 is 21.3 Å². The number of amides is 3. The molecule has 2 aromatic carbocycles. The van der Waals surface area contributed by atoms with Crippen molar-refractivity contribution in [3.05, 3.63) is 53.8 Å². The molecule has 3 rings (SSSR count). The number of rotatable bonds is 8. The van der Waals surface area contributed by atoms with Crippen molar-refractivity contribution in [2.45, 2.75) is 26.0 Å². The number of benzene rings is 2. The summed E-state index contributed by atoms with van der Waals surface area (Å²) < 4.78 is 20.0. The fourth-order valence-corrected chi connectivity index (χ4v) is 3.22. The van der Waals surface area contributed by atoms with Gasteiger partial charge in [-0.3, -0.25) is 14.5 Å². The number of carbonyl (C=O) groups excluding carboxylic acids is 3. The second-order valence-corrected chi connectivity index (χ2v) is 7.23. The lowest BCUT2D eigenvalue weighted by Crippen LogP contribution is -2.33. The molecule has 1 atom stereocenters.